The van der Waals surface area contributed by atoms with Gasteiger partial charge >= 0.3 is 12.3 Å². The van der Waals surface area contributed by atoms with E-state index in [1.807, 2.05) is 11.0 Å². The van der Waals surface area contributed by atoms with E-state index < -0.39 is 18.4 Å². The Bertz CT molecular complexity index is 1840. The summed E-state index contributed by atoms with van der Waals surface area (Å²) in [6, 6.07) is 6.99. The summed E-state index contributed by atoms with van der Waals surface area (Å²) in [7, 11) is 0. The summed E-state index contributed by atoms with van der Waals surface area (Å²) in [5.41, 5.74) is 3.73. The predicted molar refractivity (Wildman–Crippen MR) is 163 cm³/mol. The van der Waals surface area contributed by atoms with Crippen molar-refractivity contribution in [2.45, 2.75) is 64.6 Å². The van der Waals surface area contributed by atoms with Crippen molar-refractivity contribution in [1.29, 1.82) is 0 Å². The van der Waals surface area contributed by atoms with E-state index in [9.17, 15) is 27.9 Å². The van der Waals surface area contributed by atoms with E-state index in [2.05, 4.69) is 9.72 Å². The average molecular weight is 663 g/mol. The van der Waals surface area contributed by atoms with Crippen LogP contribution in [0.3, 0.4) is 0 Å². The summed E-state index contributed by atoms with van der Waals surface area (Å²) >= 11 is 7.65. The second kappa shape index (κ2) is 12.3. The number of likely N-dealkylation sites (tertiary alicyclic amines) is 1. The van der Waals surface area contributed by atoms with E-state index in [1.54, 1.807) is 42.0 Å². The number of benzene rings is 1. The van der Waals surface area contributed by atoms with Crippen LogP contribution in [0.25, 0.3) is 21.3 Å². The molecule has 14 heteroatoms. The van der Waals surface area contributed by atoms with Gasteiger partial charge in [-0.05, 0) is 63.8 Å². The molecule has 4 heterocycles. The van der Waals surface area contributed by atoms with Crippen LogP contribution in [-0.2, 0) is 24.1 Å². The van der Waals surface area contributed by atoms with E-state index >= 15 is 0 Å². The van der Waals surface area contributed by atoms with Crippen LogP contribution in [0.1, 0.15) is 46.0 Å². The molecule has 2 atom stereocenters. The van der Waals surface area contributed by atoms with E-state index in [0.29, 0.717) is 75.9 Å². The molecular formula is C31H30ClF3N4O5S. The standard InChI is InChI=1S/C31H30ClF3N4O5S/c1-16-11-22(28-27(36-16)24(15-45-28)30(41)42)21-12-18(32)3-6-26(21)43-10-9-39-17(2)37-25-5-4-19(13-23(25)29(39)40)38-8-7-20(14-38)44-31(33,34)35/h3,6,11-12,15,19-20H,4-5,7-10,13-14H2,1-2H3,(H,41,42)/t19-,20+/m1/s1. The third-order valence-corrected chi connectivity index (χ3v) is 9.61. The fraction of sp³-hybridized carbons (Fsp3) is 0.419. The van der Waals surface area contributed by atoms with Crippen LogP contribution in [0.15, 0.2) is 34.4 Å². The number of hydrogen-bond acceptors (Lipinski definition) is 8. The molecule has 0 radical (unpaired) electrons. The highest BCUT2D eigenvalue weighted by Gasteiger charge is 2.39. The van der Waals surface area contributed by atoms with Crippen LogP contribution < -0.4 is 10.3 Å². The van der Waals surface area contributed by atoms with Gasteiger partial charge in [0.2, 0.25) is 0 Å². The van der Waals surface area contributed by atoms with Crippen molar-refractivity contribution < 1.29 is 32.5 Å². The Morgan fingerprint density at radius 2 is 1.98 bits per heavy atom. The number of aryl methyl sites for hydroxylation is 3. The predicted octanol–water partition coefficient (Wildman–Crippen LogP) is 6.04. The Balaban J connectivity index is 1.21. The van der Waals surface area contributed by atoms with Gasteiger partial charge in [-0.25, -0.2) is 9.78 Å². The zero-order valence-corrected chi connectivity index (χ0v) is 26.1. The Kier molecular flexibility index (Phi) is 8.63. The van der Waals surface area contributed by atoms with Gasteiger partial charge in [-0.15, -0.1) is 24.5 Å². The summed E-state index contributed by atoms with van der Waals surface area (Å²) < 4.78 is 50.9. The highest BCUT2D eigenvalue weighted by atomic mass is 35.5. The minimum Gasteiger partial charge on any atom is -0.491 e. The number of carboxylic acids is 1. The van der Waals surface area contributed by atoms with Gasteiger partial charge in [0.15, 0.2) is 0 Å². The van der Waals surface area contributed by atoms with E-state index in [4.69, 9.17) is 21.3 Å². The van der Waals surface area contributed by atoms with E-state index in [0.717, 1.165) is 11.3 Å². The zero-order chi connectivity index (χ0) is 32.0. The zero-order valence-electron chi connectivity index (χ0n) is 24.5. The van der Waals surface area contributed by atoms with Crippen molar-refractivity contribution in [3.8, 4) is 16.9 Å². The smallest absolute Gasteiger partial charge is 0.491 e. The summed E-state index contributed by atoms with van der Waals surface area (Å²) in [6.07, 6.45) is -3.57. The molecule has 0 saturated carbocycles. The average Bonchev–Trinajstić information content (AvgIpc) is 3.61. The number of halogens is 4. The van der Waals surface area contributed by atoms with Crippen molar-refractivity contribution in [1.82, 2.24) is 19.4 Å². The number of pyridine rings is 1. The number of nitrogens with zero attached hydrogens (tertiary/aromatic N) is 4. The summed E-state index contributed by atoms with van der Waals surface area (Å²) in [6.45, 7) is 4.58. The largest absolute Gasteiger partial charge is 0.522 e. The minimum absolute atomic E-state index is 0.0579. The first-order chi connectivity index (χ1) is 21.4. The van der Waals surface area contributed by atoms with Crippen LogP contribution in [0.2, 0.25) is 5.02 Å². The molecule has 1 aliphatic carbocycles. The molecule has 0 amide bonds. The van der Waals surface area contributed by atoms with Crippen LogP contribution in [-0.4, -0.2) is 68.7 Å². The van der Waals surface area contributed by atoms with Gasteiger partial charge in [0, 0.05) is 51.9 Å². The van der Waals surface area contributed by atoms with Crippen molar-refractivity contribution in [3.63, 3.8) is 0 Å². The molecular weight excluding hydrogens is 633 g/mol. The number of ether oxygens (including phenoxy) is 2. The van der Waals surface area contributed by atoms with E-state index in [-0.39, 0.29) is 36.9 Å². The van der Waals surface area contributed by atoms with E-state index in [1.165, 1.54) is 11.3 Å². The van der Waals surface area contributed by atoms with Gasteiger partial charge in [0.05, 0.1) is 34.1 Å². The van der Waals surface area contributed by atoms with Crippen molar-refractivity contribution in [2.24, 2.45) is 0 Å². The molecule has 4 aromatic rings. The number of rotatable bonds is 8. The van der Waals surface area contributed by atoms with Gasteiger partial charge in [-0.3, -0.25) is 24.0 Å². The van der Waals surface area contributed by atoms with Gasteiger partial charge in [0.1, 0.15) is 18.2 Å². The monoisotopic (exact) mass is 662 g/mol. The van der Waals surface area contributed by atoms with Crippen LogP contribution in [0.5, 0.6) is 5.75 Å². The van der Waals surface area contributed by atoms with Gasteiger partial charge in [0.25, 0.3) is 5.56 Å². The van der Waals surface area contributed by atoms with Crippen LogP contribution in [0.4, 0.5) is 13.2 Å². The van der Waals surface area contributed by atoms with Crippen molar-refractivity contribution >= 4 is 39.1 Å². The van der Waals surface area contributed by atoms with Crippen LogP contribution in [0, 0.1) is 13.8 Å². The number of thiophene rings is 1. The number of aromatic nitrogens is 3. The quantitative estimate of drug-likeness (QED) is 0.244. The number of hydrogen-bond donors (Lipinski definition) is 1. The fourth-order valence-corrected chi connectivity index (χ4v) is 7.51. The molecule has 0 unspecified atom stereocenters. The molecule has 0 spiro atoms. The molecule has 1 aliphatic heterocycles. The Hall–Kier alpha value is -3.52. The Morgan fingerprint density at radius 3 is 2.73 bits per heavy atom. The van der Waals surface area contributed by atoms with Crippen molar-refractivity contribution in [3.05, 3.63) is 73.4 Å². The third kappa shape index (κ3) is 6.57. The normalized spacial score (nSPS) is 18.8. The fourth-order valence-electron chi connectivity index (χ4n) is 6.33. The van der Waals surface area contributed by atoms with Gasteiger partial charge in [-0.2, -0.15) is 0 Å². The number of fused-ring (bicyclic) bond motifs is 2. The molecule has 3 aromatic heterocycles. The molecule has 2 aliphatic rings. The molecule has 1 saturated heterocycles. The molecule has 0 bridgehead atoms. The summed E-state index contributed by atoms with van der Waals surface area (Å²) in [4.78, 5) is 36.6. The highest BCUT2D eigenvalue weighted by molar-refractivity contribution is 7.18. The number of carboxylic acid groups (broad SMARTS) is 1. The SMILES string of the molecule is Cc1cc(-c2cc(Cl)ccc2OCCn2c(C)nc3c(c2=O)C[C@H](N2CC[C@H](OC(F)(F)F)C2)CC3)c2scc(C(=O)O)c2n1. The van der Waals surface area contributed by atoms with Gasteiger partial charge in [-0.1, -0.05) is 11.6 Å². The van der Waals surface area contributed by atoms with Gasteiger partial charge < -0.3 is 9.84 Å². The number of carbonyl (C=O) groups is 1. The lowest BCUT2D eigenvalue weighted by atomic mass is 9.91. The molecule has 1 N–H and O–H groups in total. The second-order valence-electron chi connectivity index (χ2n) is 11.3. The summed E-state index contributed by atoms with van der Waals surface area (Å²) in [5, 5.41) is 11.7. The minimum atomic E-state index is -4.67. The molecule has 45 heavy (non-hydrogen) atoms. The molecule has 1 aromatic carbocycles. The lowest BCUT2D eigenvalue weighted by molar-refractivity contribution is -0.340. The number of alkyl halides is 3. The maximum atomic E-state index is 13.7. The maximum absolute atomic E-state index is 13.7. The number of aromatic carboxylic acids is 1. The molecule has 238 valence electrons. The lowest BCUT2D eigenvalue weighted by Gasteiger charge is -2.32. The molecule has 9 nitrogen and oxygen atoms in total. The summed E-state index contributed by atoms with van der Waals surface area (Å²) in [5.74, 6) is 0.0138. The first-order valence-corrected chi connectivity index (χ1v) is 15.8. The molecule has 1 fully saturated rings. The topological polar surface area (TPSA) is 107 Å². The van der Waals surface area contributed by atoms with Crippen LogP contribution >= 0.6 is 22.9 Å². The van der Waals surface area contributed by atoms with Crippen molar-refractivity contribution in [2.75, 3.05) is 19.7 Å². The first kappa shape index (κ1) is 31.5. The lowest BCUT2D eigenvalue weighted by Crippen LogP contribution is -2.42. The first-order valence-electron chi connectivity index (χ1n) is 14.5. The Morgan fingerprint density at radius 1 is 1.18 bits per heavy atom. The third-order valence-electron chi connectivity index (χ3n) is 8.37. The second-order valence-corrected chi connectivity index (χ2v) is 12.7. The molecule has 6 rings (SSSR count). The highest BCUT2D eigenvalue weighted by Crippen LogP contribution is 2.40. The Labute approximate surface area is 265 Å². The maximum Gasteiger partial charge on any atom is 0.522 e.